The number of unbranched alkanes of at least 4 members (excludes halogenated alkanes) is 1. The molecule has 7 nitrogen and oxygen atoms in total. The third kappa shape index (κ3) is 6.75. The van der Waals surface area contributed by atoms with Crippen molar-refractivity contribution in [3.05, 3.63) is 83.4 Å². The van der Waals surface area contributed by atoms with Gasteiger partial charge >= 0.3 is 5.97 Å². The Kier molecular flexibility index (Phi) is 8.91. The van der Waals surface area contributed by atoms with Crippen molar-refractivity contribution in [2.24, 2.45) is 0 Å². The Labute approximate surface area is 199 Å². The van der Waals surface area contributed by atoms with E-state index in [-0.39, 0.29) is 18.5 Å². The number of anilines is 1. The second-order valence-corrected chi connectivity index (χ2v) is 7.51. The third-order valence-electron chi connectivity index (χ3n) is 5.11. The molecule has 0 unspecified atom stereocenters. The van der Waals surface area contributed by atoms with Crippen LogP contribution in [0.3, 0.4) is 0 Å². The molecule has 7 heteroatoms. The summed E-state index contributed by atoms with van der Waals surface area (Å²) in [7, 11) is 3.18. The molecule has 0 saturated carbocycles. The SMILES string of the molecule is CCCCOC(=O)c1ccc(NC(=O)c2ccc(OC)c(COc3ccc(OC)cc3)c2)cc1. The van der Waals surface area contributed by atoms with E-state index in [1.54, 1.807) is 56.7 Å². The molecule has 0 aliphatic rings. The van der Waals surface area contributed by atoms with Crippen molar-refractivity contribution in [1.29, 1.82) is 0 Å². The van der Waals surface area contributed by atoms with Gasteiger partial charge in [0.1, 0.15) is 23.9 Å². The van der Waals surface area contributed by atoms with Crippen LogP contribution in [0.15, 0.2) is 66.7 Å². The highest BCUT2D eigenvalue weighted by atomic mass is 16.5. The monoisotopic (exact) mass is 463 g/mol. The topological polar surface area (TPSA) is 83.1 Å². The molecule has 1 N–H and O–H groups in total. The van der Waals surface area contributed by atoms with Gasteiger partial charge in [0, 0.05) is 16.8 Å². The zero-order valence-corrected chi connectivity index (χ0v) is 19.6. The summed E-state index contributed by atoms with van der Waals surface area (Å²) in [6.45, 7) is 2.66. The number of hydrogen-bond acceptors (Lipinski definition) is 6. The van der Waals surface area contributed by atoms with E-state index in [1.165, 1.54) is 0 Å². The van der Waals surface area contributed by atoms with Gasteiger partial charge in [-0.25, -0.2) is 4.79 Å². The molecular weight excluding hydrogens is 434 g/mol. The number of hydrogen-bond donors (Lipinski definition) is 1. The van der Waals surface area contributed by atoms with Crippen LogP contribution in [0.1, 0.15) is 46.0 Å². The molecular formula is C27H29NO6. The number of rotatable bonds is 11. The van der Waals surface area contributed by atoms with Gasteiger partial charge in [-0.05, 0) is 73.2 Å². The first-order valence-electron chi connectivity index (χ1n) is 11.1. The number of ether oxygens (including phenoxy) is 4. The van der Waals surface area contributed by atoms with E-state index in [2.05, 4.69) is 5.32 Å². The highest BCUT2D eigenvalue weighted by Gasteiger charge is 2.13. The van der Waals surface area contributed by atoms with Crippen LogP contribution in [0.2, 0.25) is 0 Å². The van der Waals surface area contributed by atoms with Crippen LogP contribution in [0.5, 0.6) is 17.2 Å². The lowest BCUT2D eigenvalue weighted by Crippen LogP contribution is -2.13. The van der Waals surface area contributed by atoms with Crippen molar-refractivity contribution in [3.63, 3.8) is 0 Å². The quantitative estimate of drug-likeness (QED) is 0.299. The number of methoxy groups -OCH3 is 2. The number of benzene rings is 3. The fourth-order valence-corrected chi connectivity index (χ4v) is 3.15. The van der Waals surface area contributed by atoms with E-state index in [4.69, 9.17) is 18.9 Å². The Bertz CT molecular complexity index is 1090. The van der Waals surface area contributed by atoms with E-state index in [9.17, 15) is 9.59 Å². The summed E-state index contributed by atoms with van der Waals surface area (Å²) in [5, 5.41) is 2.84. The molecule has 0 heterocycles. The van der Waals surface area contributed by atoms with Crippen molar-refractivity contribution in [3.8, 4) is 17.2 Å². The lowest BCUT2D eigenvalue weighted by molar-refractivity contribution is 0.0499. The third-order valence-corrected chi connectivity index (χ3v) is 5.11. The van der Waals surface area contributed by atoms with E-state index in [0.29, 0.717) is 34.9 Å². The molecule has 3 rings (SSSR count). The Balaban J connectivity index is 1.64. The van der Waals surface area contributed by atoms with Gasteiger partial charge in [0.2, 0.25) is 0 Å². The maximum atomic E-state index is 12.8. The van der Waals surface area contributed by atoms with Crippen molar-refractivity contribution in [2.75, 3.05) is 26.1 Å². The first-order valence-corrected chi connectivity index (χ1v) is 11.1. The Hall–Kier alpha value is -4.00. The van der Waals surface area contributed by atoms with Crippen LogP contribution in [-0.2, 0) is 11.3 Å². The van der Waals surface area contributed by atoms with Gasteiger partial charge in [0.05, 0.1) is 26.4 Å². The van der Waals surface area contributed by atoms with Crippen molar-refractivity contribution in [1.82, 2.24) is 0 Å². The molecule has 34 heavy (non-hydrogen) atoms. The molecule has 0 aliphatic carbocycles. The maximum absolute atomic E-state index is 12.8. The zero-order valence-electron chi connectivity index (χ0n) is 19.6. The molecule has 0 bridgehead atoms. The molecule has 0 aliphatic heterocycles. The minimum Gasteiger partial charge on any atom is -0.497 e. The van der Waals surface area contributed by atoms with Crippen molar-refractivity contribution >= 4 is 17.6 Å². The number of amides is 1. The molecule has 0 atom stereocenters. The summed E-state index contributed by atoms with van der Waals surface area (Å²) in [4.78, 5) is 24.8. The average molecular weight is 464 g/mol. The van der Waals surface area contributed by atoms with Crippen LogP contribution < -0.4 is 19.5 Å². The Morgan fingerprint density at radius 2 is 1.50 bits per heavy atom. The summed E-state index contributed by atoms with van der Waals surface area (Å²) >= 11 is 0. The maximum Gasteiger partial charge on any atom is 0.338 e. The van der Waals surface area contributed by atoms with Gasteiger partial charge in [0.15, 0.2) is 0 Å². The summed E-state index contributed by atoms with van der Waals surface area (Å²) in [5.41, 5.74) is 2.20. The Morgan fingerprint density at radius 3 is 2.15 bits per heavy atom. The van der Waals surface area contributed by atoms with E-state index in [1.807, 2.05) is 31.2 Å². The molecule has 178 valence electrons. The lowest BCUT2D eigenvalue weighted by Gasteiger charge is -2.13. The second-order valence-electron chi connectivity index (χ2n) is 7.51. The van der Waals surface area contributed by atoms with Crippen LogP contribution in [0.25, 0.3) is 0 Å². The Morgan fingerprint density at radius 1 is 0.824 bits per heavy atom. The average Bonchev–Trinajstić information content (AvgIpc) is 2.88. The first kappa shape index (κ1) is 24.6. The molecule has 0 saturated heterocycles. The van der Waals surface area contributed by atoms with Crippen LogP contribution in [0.4, 0.5) is 5.69 Å². The normalized spacial score (nSPS) is 10.3. The minimum absolute atomic E-state index is 0.228. The predicted molar refractivity (Wildman–Crippen MR) is 130 cm³/mol. The number of nitrogens with one attached hydrogen (secondary N) is 1. The molecule has 0 spiro atoms. The second kappa shape index (κ2) is 12.3. The van der Waals surface area contributed by atoms with Gasteiger partial charge in [-0.1, -0.05) is 13.3 Å². The summed E-state index contributed by atoms with van der Waals surface area (Å²) in [6, 6.07) is 19.0. The molecule has 0 radical (unpaired) electrons. The standard InChI is InChI=1S/C27H29NO6/c1-4-5-16-33-27(30)19-6-9-22(10-7-19)28-26(29)20-8-15-25(32-3)21(17-20)18-34-24-13-11-23(31-2)12-14-24/h6-15,17H,4-5,16,18H2,1-3H3,(H,28,29). The van der Waals surface area contributed by atoms with Gasteiger partial charge in [-0.15, -0.1) is 0 Å². The zero-order chi connectivity index (χ0) is 24.3. The van der Waals surface area contributed by atoms with Gasteiger partial charge in [-0.2, -0.15) is 0 Å². The van der Waals surface area contributed by atoms with E-state index in [0.717, 1.165) is 24.2 Å². The number of carbonyl (C=O) groups excluding carboxylic acids is 2. The minimum atomic E-state index is -0.372. The van der Waals surface area contributed by atoms with Gasteiger partial charge in [0.25, 0.3) is 5.91 Å². The number of esters is 1. The molecule has 0 aromatic heterocycles. The highest BCUT2D eigenvalue weighted by Crippen LogP contribution is 2.24. The molecule has 1 amide bonds. The van der Waals surface area contributed by atoms with Crippen molar-refractivity contribution < 1.29 is 28.5 Å². The van der Waals surface area contributed by atoms with E-state index < -0.39 is 0 Å². The van der Waals surface area contributed by atoms with Crippen molar-refractivity contribution in [2.45, 2.75) is 26.4 Å². The number of carbonyl (C=O) groups is 2. The van der Waals surface area contributed by atoms with Gasteiger partial charge in [-0.3, -0.25) is 4.79 Å². The fourth-order valence-electron chi connectivity index (χ4n) is 3.15. The smallest absolute Gasteiger partial charge is 0.338 e. The molecule has 3 aromatic carbocycles. The largest absolute Gasteiger partial charge is 0.497 e. The van der Waals surface area contributed by atoms with E-state index >= 15 is 0 Å². The summed E-state index contributed by atoms with van der Waals surface area (Å²) < 4.78 is 21.6. The van der Waals surface area contributed by atoms with Crippen LogP contribution in [0, 0.1) is 0 Å². The molecule has 3 aromatic rings. The first-order chi connectivity index (χ1) is 16.5. The predicted octanol–water partition coefficient (Wildman–Crippen LogP) is 5.49. The van der Waals surface area contributed by atoms with Crippen LogP contribution in [-0.4, -0.2) is 32.7 Å². The van der Waals surface area contributed by atoms with Gasteiger partial charge < -0.3 is 24.3 Å². The fraction of sp³-hybridized carbons (Fsp3) is 0.259. The molecule has 0 fully saturated rings. The highest BCUT2D eigenvalue weighted by molar-refractivity contribution is 6.04. The van der Waals surface area contributed by atoms with Crippen LogP contribution >= 0.6 is 0 Å². The summed E-state index contributed by atoms with van der Waals surface area (Å²) in [6.07, 6.45) is 1.79. The lowest BCUT2D eigenvalue weighted by atomic mass is 10.1. The summed E-state index contributed by atoms with van der Waals surface area (Å²) in [5.74, 6) is 1.38.